The van der Waals surface area contributed by atoms with Gasteiger partial charge in [0.05, 0.1) is 12.8 Å². The minimum Gasteiger partial charge on any atom is -0.497 e. The third-order valence-electron chi connectivity index (χ3n) is 3.82. The van der Waals surface area contributed by atoms with Gasteiger partial charge in [0.1, 0.15) is 11.8 Å². The van der Waals surface area contributed by atoms with E-state index in [-0.39, 0.29) is 0 Å². The van der Waals surface area contributed by atoms with Gasteiger partial charge in [0.15, 0.2) is 0 Å². The van der Waals surface area contributed by atoms with Crippen molar-refractivity contribution in [3.8, 4) is 17.0 Å². The van der Waals surface area contributed by atoms with Crippen LogP contribution in [0.3, 0.4) is 0 Å². The Hall–Kier alpha value is -2.63. The molecule has 1 aliphatic heterocycles. The Labute approximate surface area is 128 Å². The van der Waals surface area contributed by atoms with Crippen LogP contribution in [0.1, 0.15) is 12.8 Å². The number of hydrogen-bond donors (Lipinski definition) is 1. The zero-order valence-corrected chi connectivity index (χ0v) is 12.3. The third kappa shape index (κ3) is 2.72. The number of carboxylic acid groups (broad SMARTS) is 1. The largest absolute Gasteiger partial charge is 0.497 e. The van der Waals surface area contributed by atoms with E-state index in [2.05, 4.69) is 9.97 Å². The summed E-state index contributed by atoms with van der Waals surface area (Å²) in [5, 5.41) is 9.28. The number of carbonyl (C=O) groups is 1. The number of aromatic nitrogens is 2. The normalized spacial score (nSPS) is 17.5. The van der Waals surface area contributed by atoms with Gasteiger partial charge in [0.2, 0.25) is 5.95 Å². The van der Waals surface area contributed by atoms with Gasteiger partial charge in [-0.15, -0.1) is 0 Å². The molecule has 0 spiro atoms. The van der Waals surface area contributed by atoms with Crippen LogP contribution in [0.5, 0.6) is 5.75 Å². The van der Waals surface area contributed by atoms with E-state index in [0.29, 0.717) is 18.9 Å². The molecule has 0 saturated carbocycles. The monoisotopic (exact) mass is 299 g/mol. The van der Waals surface area contributed by atoms with Crippen molar-refractivity contribution in [1.82, 2.24) is 9.97 Å². The van der Waals surface area contributed by atoms with Crippen LogP contribution in [0, 0.1) is 0 Å². The maximum atomic E-state index is 11.3. The van der Waals surface area contributed by atoms with Crippen molar-refractivity contribution < 1.29 is 14.6 Å². The Morgan fingerprint density at radius 2 is 2.09 bits per heavy atom. The lowest BCUT2D eigenvalue weighted by Gasteiger charge is -2.21. The van der Waals surface area contributed by atoms with Crippen LogP contribution in [0.2, 0.25) is 0 Å². The smallest absolute Gasteiger partial charge is 0.326 e. The van der Waals surface area contributed by atoms with Crippen LogP contribution < -0.4 is 9.64 Å². The summed E-state index contributed by atoms with van der Waals surface area (Å²) in [6.07, 6.45) is 3.14. The summed E-state index contributed by atoms with van der Waals surface area (Å²) in [4.78, 5) is 21.8. The summed E-state index contributed by atoms with van der Waals surface area (Å²) in [5.74, 6) is 0.428. The molecule has 114 valence electrons. The molecule has 1 aromatic heterocycles. The molecule has 0 aliphatic carbocycles. The molecule has 1 N–H and O–H groups in total. The Bertz CT molecular complexity index is 673. The fraction of sp³-hybridized carbons (Fsp3) is 0.312. The molecule has 1 aromatic carbocycles. The van der Waals surface area contributed by atoms with Gasteiger partial charge in [0, 0.05) is 18.3 Å². The highest BCUT2D eigenvalue weighted by molar-refractivity contribution is 5.78. The van der Waals surface area contributed by atoms with Crippen molar-refractivity contribution in [2.24, 2.45) is 0 Å². The molecule has 1 saturated heterocycles. The average Bonchev–Trinajstić information content (AvgIpc) is 3.05. The van der Waals surface area contributed by atoms with Gasteiger partial charge < -0.3 is 14.7 Å². The van der Waals surface area contributed by atoms with Crippen LogP contribution in [-0.4, -0.2) is 40.7 Å². The molecule has 1 aliphatic rings. The highest BCUT2D eigenvalue weighted by Gasteiger charge is 2.32. The zero-order valence-electron chi connectivity index (χ0n) is 12.3. The minimum atomic E-state index is -0.823. The van der Waals surface area contributed by atoms with E-state index >= 15 is 0 Å². The molecule has 1 atom stereocenters. The molecule has 6 heteroatoms. The first-order valence-corrected chi connectivity index (χ1v) is 7.16. The van der Waals surface area contributed by atoms with Crippen LogP contribution in [0.4, 0.5) is 5.95 Å². The van der Waals surface area contributed by atoms with Crippen LogP contribution in [-0.2, 0) is 4.79 Å². The van der Waals surface area contributed by atoms with Crippen molar-refractivity contribution in [3.05, 3.63) is 36.5 Å². The number of ether oxygens (including phenoxy) is 1. The highest BCUT2D eigenvalue weighted by atomic mass is 16.5. The number of rotatable bonds is 4. The van der Waals surface area contributed by atoms with Gasteiger partial charge in [-0.3, -0.25) is 0 Å². The fourth-order valence-corrected chi connectivity index (χ4v) is 2.67. The molecule has 0 unspecified atom stereocenters. The minimum absolute atomic E-state index is 0.471. The summed E-state index contributed by atoms with van der Waals surface area (Å²) >= 11 is 0. The summed E-state index contributed by atoms with van der Waals surface area (Å²) in [5.41, 5.74) is 1.71. The van der Waals surface area contributed by atoms with Gasteiger partial charge in [-0.1, -0.05) is 0 Å². The second-order valence-corrected chi connectivity index (χ2v) is 5.16. The molecule has 3 rings (SSSR count). The summed E-state index contributed by atoms with van der Waals surface area (Å²) in [6, 6.07) is 8.86. The first kappa shape index (κ1) is 14.3. The van der Waals surface area contributed by atoms with Gasteiger partial charge >= 0.3 is 5.97 Å². The molecule has 0 amide bonds. The molecule has 2 heterocycles. The molecular weight excluding hydrogens is 282 g/mol. The van der Waals surface area contributed by atoms with Crippen LogP contribution in [0.15, 0.2) is 36.5 Å². The van der Waals surface area contributed by atoms with E-state index in [1.54, 1.807) is 18.2 Å². The maximum Gasteiger partial charge on any atom is 0.326 e. The lowest BCUT2D eigenvalue weighted by atomic mass is 10.1. The van der Waals surface area contributed by atoms with Crippen molar-refractivity contribution in [2.75, 3.05) is 18.6 Å². The van der Waals surface area contributed by atoms with Gasteiger partial charge in [-0.25, -0.2) is 14.8 Å². The molecule has 22 heavy (non-hydrogen) atoms. The number of nitrogens with zero attached hydrogens (tertiary/aromatic N) is 3. The van der Waals surface area contributed by atoms with E-state index in [4.69, 9.17) is 4.74 Å². The van der Waals surface area contributed by atoms with E-state index in [1.807, 2.05) is 30.3 Å². The van der Waals surface area contributed by atoms with E-state index in [0.717, 1.165) is 23.4 Å². The Balaban J connectivity index is 1.90. The first-order valence-electron chi connectivity index (χ1n) is 7.16. The fourth-order valence-electron chi connectivity index (χ4n) is 2.67. The number of carboxylic acids is 1. The predicted molar refractivity (Wildman–Crippen MR) is 82.0 cm³/mol. The van der Waals surface area contributed by atoms with Gasteiger partial charge in [-0.05, 0) is 43.2 Å². The molecule has 6 nitrogen and oxygen atoms in total. The Morgan fingerprint density at radius 3 is 2.77 bits per heavy atom. The second kappa shape index (κ2) is 6.01. The van der Waals surface area contributed by atoms with Crippen LogP contribution >= 0.6 is 0 Å². The quantitative estimate of drug-likeness (QED) is 0.933. The molecular formula is C16H17N3O3. The predicted octanol–water partition coefficient (Wildman–Crippen LogP) is 2.21. The number of benzene rings is 1. The SMILES string of the molecule is COc1ccc(-c2ccnc(N3CCC[C@H]3C(=O)O)n2)cc1. The first-order chi connectivity index (χ1) is 10.7. The lowest BCUT2D eigenvalue weighted by Crippen LogP contribution is -2.37. The number of hydrogen-bond acceptors (Lipinski definition) is 5. The Morgan fingerprint density at radius 1 is 1.32 bits per heavy atom. The van der Waals surface area contributed by atoms with Gasteiger partial charge in [-0.2, -0.15) is 0 Å². The van der Waals surface area contributed by atoms with E-state index in [9.17, 15) is 9.90 Å². The molecule has 1 fully saturated rings. The van der Waals surface area contributed by atoms with Crippen molar-refractivity contribution in [2.45, 2.75) is 18.9 Å². The standard InChI is InChI=1S/C16H17N3O3/c1-22-12-6-4-11(5-7-12)13-8-9-17-16(18-13)19-10-2-3-14(19)15(20)21/h4-9,14H,2-3,10H2,1H3,(H,20,21)/t14-/m0/s1. The second-order valence-electron chi connectivity index (χ2n) is 5.16. The number of anilines is 1. The average molecular weight is 299 g/mol. The number of methoxy groups -OCH3 is 1. The zero-order chi connectivity index (χ0) is 15.5. The van der Waals surface area contributed by atoms with Crippen molar-refractivity contribution in [1.29, 1.82) is 0 Å². The maximum absolute atomic E-state index is 11.3. The topological polar surface area (TPSA) is 75.5 Å². The van der Waals surface area contributed by atoms with Crippen molar-refractivity contribution >= 4 is 11.9 Å². The van der Waals surface area contributed by atoms with Crippen molar-refractivity contribution in [3.63, 3.8) is 0 Å². The number of aliphatic carboxylic acids is 1. The van der Waals surface area contributed by atoms with E-state index in [1.165, 1.54) is 0 Å². The van der Waals surface area contributed by atoms with Gasteiger partial charge in [0.25, 0.3) is 0 Å². The Kier molecular flexibility index (Phi) is 3.91. The van der Waals surface area contributed by atoms with E-state index < -0.39 is 12.0 Å². The highest BCUT2D eigenvalue weighted by Crippen LogP contribution is 2.26. The summed E-state index contributed by atoms with van der Waals surface area (Å²) in [6.45, 7) is 0.670. The molecule has 0 bridgehead atoms. The summed E-state index contributed by atoms with van der Waals surface area (Å²) in [7, 11) is 1.62. The molecule has 0 radical (unpaired) electrons. The lowest BCUT2D eigenvalue weighted by molar-refractivity contribution is -0.138. The summed E-state index contributed by atoms with van der Waals surface area (Å²) < 4.78 is 5.14. The van der Waals surface area contributed by atoms with Crippen LogP contribution in [0.25, 0.3) is 11.3 Å². The molecule has 2 aromatic rings. The third-order valence-corrected chi connectivity index (χ3v) is 3.82.